The fraction of sp³-hybridized carbons (Fsp3) is 0.600. The Labute approximate surface area is 104 Å². The first-order valence-electron chi connectivity index (χ1n) is 6.82. The predicted molar refractivity (Wildman–Crippen MR) is 71.2 cm³/mol. The summed E-state index contributed by atoms with van der Waals surface area (Å²) in [7, 11) is 0. The van der Waals surface area contributed by atoms with E-state index in [1.54, 1.807) is 0 Å². The second-order valence-electron chi connectivity index (χ2n) is 4.97. The number of ether oxygens (including phenoxy) is 1. The lowest BCUT2D eigenvalue weighted by Crippen LogP contribution is -2.29. The molecule has 1 aromatic rings. The monoisotopic (exact) mass is 233 g/mol. The van der Waals surface area contributed by atoms with E-state index >= 15 is 0 Å². The van der Waals surface area contributed by atoms with Crippen molar-refractivity contribution in [3.8, 4) is 5.75 Å². The van der Waals surface area contributed by atoms with Gasteiger partial charge in [-0.2, -0.15) is 0 Å². The predicted octanol–water partition coefficient (Wildman–Crippen LogP) is 3.81. The summed E-state index contributed by atoms with van der Waals surface area (Å²) in [5, 5.41) is 0. The SMILES string of the molecule is CCCCCCC1CC(N)c2ccccc2O1. The maximum absolute atomic E-state index is 6.19. The van der Waals surface area contributed by atoms with Crippen molar-refractivity contribution in [2.45, 2.75) is 57.6 Å². The topological polar surface area (TPSA) is 35.2 Å². The summed E-state index contributed by atoms with van der Waals surface area (Å²) < 4.78 is 6.00. The normalized spacial score (nSPS) is 22.9. The zero-order valence-electron chi connectivity index (χ0n) is 10.7. The first-order valence-corrected chi connectivity index (χ1v) is 6.82. The number of hydrogen-bond donors (Lipinski definition) is 1. The largest absolute Gasteiger partial charge is 0.490 e. The summed E-state index contributed by atoms with van der Waals surface area (Å²) in [6, 6.07) is 8.31. The standard InChI is InChI=1S/C15H23NO/c1-2-3-4-5-8-12-11-14(16)13-9-6-7-10-15(13)17-12/h6-7,9-10,12,14H,2-5,8,11,16H2,1H3. The van der Waals surface area contributed by atoms with E-state index in [2.05, 4.69) is 13.0 Å². The molecule has 17 heavy (non-hydrogen) atoms. The van der Waals surface area contributed by atoms with E-state index in [0.717, 1.165) is 24.2 Å². The summed E-state index contributed by atoms with van der Waals surface area (Å²) in [4.78, 5) is 0. The minimum Gasteiger partial charge on any atom is -0.490 e. The molecular formula is C15H23NO. The molecule has 0 aliphatic carbocycles. The first-order chi connectivity index (χ1) is 8.31. The fourth-order valence-electron chi connectivity index (χ4n) is 2.51. The molecule has 0 fully saturated rings. The molecule has 2 atom stereocenters. The van der Waals surface area contributed by atoms with E-state index in [-0.39, 0.29) is 6.04 Å². The number of benzene rings is 1. The zero-order chi connectivity index (χ0) is 12.1. The van der Waals surface area contributed by atoms with E-state index in [1.807, 2.05) is 18.2 Å². The Morgan fingerprint density at radius 1 is 1.24 bits per heavy atom. The van der Waals surface area contributed by atoms with Crippen LogP contribution in [-0.2, 0) is 0 Å². The van der Waals surface area contributed by atoms with Crippen molar-refractivity contribution >= 4 is 0 Å². The molecule has 1 aliphatic heterocycles. The van der Waals surface area contributed by atoms with E-state index in [4.69, 9.17) is 10.5 Å². The molecule has 2 nitrogen and oxygen atoms in total. The van der Waals surface area contributed by atoms with E-state index in [9.17, 15) is 0 Å². The van der Waals surface area contributed by atoms with Crippen LogP contribution >= 0.6 is 0 Å². The van der Waals surface area contributed by atoms with Crippen molar-refractivity contribution in [1.82, 2.24) is 0 Å². The molecule has 2 rings (SSSR count). The van der Waals surface area contributed by atoms with Crippen LogP contribution in [0.15, 0.2) is 24.3 Å². The van der Waals surface area contributed by atoms with Crippen molar-refractivity contribution in [2.75, 3.05) is 0 Å². The van der Waals surface area contributed by atoms with Gasteiger partial charge in [0.05, 0.1) is 0 Å². The van der Waals surface area contributed by atoms with Gasteiger partial charge in [0.1, 0.15) is 11.9 Å². The molecule has 0 saturated carbocycles. The molecule has 2 unspecified atom stereocenters. The molecule has 1 heterocycles. The van der Waals surface area contributed by atoms with Crippen LogP contribution in [0.2, 0.25) is 0 Å². The van der Waals surface area contributed by atoms with Gasteiger partial charge in [0.25, 0.3) is 0 Å². The van der Waals surface area contributed by atoms with Gasteiger partial charge in [0, 0.05) is 18.0 Å². The van der Waals surface area contributed by atoms with Crippen molar-refractivity contribution in [3.05, 3.63) is 29.8 Å². The average Bonchev–Trinajstić information content (AvgIpc) is 2.35. The van der Waals surface area contributed by atoms with Crippen LogP contribution in [0.4, 0.5) is 0 Å². The molecule has 0 aromatic heterocycles. The van der Waals surface area contributed by atoms with Gasteiger partial charge in [0.2, 0.25) is 0 Å². The highest BCUT2D eigenvalue weighted by atomic mass is 16.5. The lowest BCUT2D eigenvalue weighted by Gasteiger charge is -2.30. The van der Waals surface area contributed by atoms with Crippen molar-refractivity contribution in [3.63, 3.8) is 0 Å². The molecule has 0 radical (unpaired) electrons. The number of para-hydroxylation sites is 1. The minimum absolute atomic E-state index is 0.149. The molecule has 1 aromatic carbocycles. The third-order valence-corrected chi connectivity index (χ3v) is 3.51. The van der Waals surface area contributed by atoms with E-state index < -0.39 is 0 Å². The Morgan fingerprint density at radius 3 is 2.88 bits per heavy atom. The fourth-order valence-corrected chi connectivity index (χ4v) is 2.51. The van der Waals surface area contributed by atoms with Crippen LogP contribution in [-0.4, -0.2) is 6.10 Å². The van der Waals surface area contributed by atoms with Crippen LogP contribution in [0.5, 0.6) is 5.75 Å². The smallest absolute Gasteiger partial charge is 0.124 e. The molecule has 1 aliphatic rings. The highest BCUT2D eigenvalue weighted by Crippen LogP contribution is 2.34. The Kier molecular flexibility index (Phi) is 4.43. The molecular weight excluding hydrogens is 210 g/mol. The van der Waals surface area contributed by atoms with E-state index in [1.165, 1.54) is 25.7 Å². The van der Waals surface area contributed by atoms with Crippen LogP contribution in [0.3, 0.4) is 0 Å². The Morgan fingerprint density at radius 2 is 2.06 bits per heavy atom. The van der Waals surface area contributed by atoms with Gasteiger partial charge in [-0.05, 0) is 18.9 Å². The maximum Gasteiger partial charge on any atom is 0.124 e. The Balaban J connectivity index is 1.88. The molecule has 0 amide bonds. The summed E-state index contributed by atoms with van der Waals surface area (Å²) in [6.45, 7) is 2.24. The zero-order valence-corrected chi connectivity index (χ0v) is 10.7. The number of fused-ring (bicyclic) bond motifs is 1. The third kappa shape index (κ3) is 3.22. The van der Waals surface area contributed by atoms with Gasteiger partial charge in [-0.3, -0.25) is 0 Å². The van der Waals surface area contributed by atoms with Crippen molar-refractivity contribution in [1.29, 1.82) is 0 Å². The number of nitrogens with two attached hydrogens (primary N) is 1. The van der Waals surface area contributed by atoms with Gasteiger partial charge < -0.3 is 10.5 Å². The van der Waals surface area contributed by atoms with Crippen molar-refractivity contribution < 1.29 is 4.74 Å². The summed E-state index contributed by atoms with van der Waals surface area (Å²) in [5.74, 6) is 0.992. The van der Waals surface area contributed by atoms with Crippen LogP contribution in [0.1, 0.15) is 57.1 Å². The van der Waals surface area contributed by atoms with Crippen LogP contribution in [0, 0.1) is 0 Å². The Hall–Kier alpha value is -1.02. The second-order valence-corrected chi connectivity index (χ2v) is 4.97. The van der Waals surface area contributed by atoms with Gasteiger partial charge >= 0.3 is 0 Å². The molecule has 94 valence electrons. The molecule has 0 bridgehead atoms. The maximum atomic E-state index is 6.19. The lowest BCUT2D eigenvalue weighted by molar-refractivity contribution is 0.146. The van der Waals surface area contributed by atoms with Crippen LogP contribution < -0.4 is 10.5 Å². The molecule has 2 heteroatoms. The molecule has 0 saturated heterocycles. The minimum atomic E-state index is 0.149. The third-order valence-electron chi connectivity index (χ3n) is 3.51. The number of unbranched alkanes of at least 4 members (excludes halogenated alkanes) is 3. The summed E-state index contributed by atoms with van der Waals surface area (Å²) in [6.07, 6.45) is 7.60. The number of rotatable bonds is 5. The van der Waals surface area contributed by atoms with Gasteiger partial charge in [-0.25, -0.2) is 0 Å². The van der Waals surface area contributed by atoms with Gasteiger partial charge in [-0.15, -0.1) is 0 Å². The quantitative estimate of drug-likeness (QED) is 0.785. The van der Waals surface area contributed by atoms with Gasteiger partial charge in [-0.1, -0.05) is 44.4 Å². The molecule has 2 N–H and O–H groups in total. The van der Waals surface area contributed by atoms with Crippen LogP contribution in [0.25, 0.3) is 0 Å². The second kappa shape index (κ2) is 6.06. The molecule has 0 spiro atoms. The average molecular weight is 233 g/mol. The number of hydrogen-bond acceptors (Lipinski definition) is 2. The van der Waals surface area contributed by atoms with E-state index in [0.29, 0.717) is 6.10 Å². The van der Waals surface area contributed by atoms with Crippen molar-refractivity contribution in [2.24, 2.45) is 5.73 Å². The summed E-state index contributed by atoms with van der Waals surface area (Å²) >= 11 is 0. The summed E-state index contributed by atoms with van der Waals surface area (Å²) in [5.41, 5.74) is 7.35. The first kappa shape index (κ1) is 12.4. The highest BCUT2D eigenvalue weighted by Gasteiger charge is 2.24. The highest BCUT2D eigenvalue weighted by molar-refractivity contribution is 5.37. The van der Waals surface area contributed by atoms with Gasteiger partial charge in [0.15, 0.2) is 0 Å². The lowest BCUT2D eigenvalue weighted by atomic mass is 9.94. The Bertz CT molecular complexity index is 351.